The largest absolute Gasteiger partial charge is 0.382 e. The molecule has 4 nitrogen and oxygen atoms in total. The zero-order chi connectivity index (χ0) is 13.2. The number of rotatable bonds is 3. The summed E-state index contributed by atoms with van der Waals surface area (Å²) in [5.41, 5.74) is 2.22. The molecule has 2 aromatic rings. The number of nitrogens with one attached hydrogen (secondary N) is 2. The van der Waals surface area contributed by atoms with E-state index in [0.717, 1.165) is 23.1 Å². The van der Waals surface area contributed by atoms with Crippen molar-refractivity contribution in [1.82, 2.24) is 15.2 Å². The highest BCUT2D eigenvalue weighted by molar-refractivity contribution is 5.62. The fourth-order valence-electron chi connectivity index (χ4n) is 2.79. The number of benzene rings is 1. The van der Waals surface area contributed by atoms with Crippen LogP contribution in [-0.2, 0) is 0 Å². The van der Waals surface area contributed by atoms with Gasteiger partial charge in [-0.1, -0.05) is 25.5 Å². The Kier molecular flexibility index (Phi) is 3.23. The maximum Gasteiger partial charge on any atom is 0.181 e. The Morgan fingerprint density at radius 2 is 2.21 bits per heavy atom. The van der Waals surface area contributed by atoms with Crippen LogP contribution in [0.4, 0.5) is 5.69 Å². The van der Waals surface area contributed by atoms with Gasteiger partial charge in [0.1, 0.15) is 5.82 Å². The molecule has 1 aliphatic carbocycles. The molecule has 100 valence electrons. The molecule has 1 heterocycles. The minimum atomic E-state index is 0.601. The summed E-state index contributed by atoms with van der Waals surface area (Å²) in [7, 11) is 0. The summed E-state index contributed by atoms with van der Waals surface area (Å²) < 4.78 is 0. The zero-order valence-electron chi connectivity index (χ0n) is 11.5. The third-order valence-electron chi connectivity index (χ3n) is 3.93. The van der Waals surface area contributed by atoms with Crippen molar-refractivity contribution < 1.29 is 0 Å². The molecule has 1 fully saturated rings. The molecule has 1 aromatic heterocycles. The minimum absolute atomic E-state index is 0.601. The fraction of sp³-hybridized carbons (Fsp3) is 0.467. The van der Waals surface area contributed by atoms with Gasteiger partial charge in [-0.3, -0.25) is 5.10 Å². The van der Waals surface area contributed by atoms with Crippen LogP contribution in [0.2, 0.25) is 0 Å². The molecule has 0 bridgehead atoms. The van der Waals surface area contributed by atoms with Crippen LogP contribution in [0.1, 0.15) is 32.0 Å². The Labute approximate surface area is 113 Å². The van der Waals surface area contributed by atoms with E-state index in [1.807, 2.05) is 13.0 Å². The molecule has 0 saturated heterocycles. The number of anilines is 1. The highest BCUT2D eigenvalue weighted by Crippen LogP contribution is 2.29. The van der Waals surface area contributed by atoms with Crippen LogP contribution in [0.25, 0.3) is 11.4 Å². The van der Waals surface area contributed by atoms with Crippen LogP contribution in [0.5, 0.6) is 0 Å². The maximum absolute atomic E-state index is 4.37. The van der Waals surface area contributed by atoms with E-state index in [-0.39, 0.29) is 0 Å². The van der Waals surface area contributed by atoms with Crippen molar-refractivity contribution in [2.45, 2.75) is 39.2 Å². The van der Waals surface area contributed by atoms with E-state index in [4.69, 9.17) is 0 Å². The molecule has 0 radical (unpaired) electrons. The quantitative estimate of drug-likeness (QED) is 0.885. The van der Waals surface area contributed by atoms with Crippen LogP contribution < -0.4 is 5.32 Å². The van der Waals surface area contributed by atoms with Gasteiger partial charge < -0.3 is 5.32 Å². The summed E-state index contributed by atoms with van der Waals surface area (Å²) in [6, 6.07) is 8.96. The predicted octanol–water partition coefficient (Wildman–Crippen LogP) is 3.38. The van der Waals surface area contributed by atoms with Crippen molar-refractivity contribution >= 4 is 5.69 Å². The molecule has 4 heteroatoms. The first-order valence-corrected chi connectivity index (χ1v) is 6.98. The summed E-state index contributed by atoms with van der Waals surface area (Å²) in [5, 5.41) is 10.7. The van der Waals surface area contributed by atoms with E-state index in [2.05, 4.69) is 45.6 Å². The number of hydrogen-bond acceptors (Lipinski definition) is 3. The second kappa shape index (κ2) is 5.03. The molecule has 0 spiro atoms. The van der Waals surface area contributed by atoms with Crippen molar-refractivity contribution in [1.29, 1.82) is 0 Å². The predicted molar refractivity (Wildman–Crippen MR) is 77.0 cm³/mol. The Morgan fingerprint density at radius 1 is 1.32 bits per heavy atom. The SMILES string of the molecule is Cc1nc(-c2cccc(NC3CCCC3C)c2)n[nH]1. The number of hydrogen-bond donors (Lipinski definition) is 2. The van der Waals surface area contributed by atoms with Crippen molar-refractivity contribution in [3.8, 4) is 11.4 Å². The molecule has 1 saturated carbocycles. The first-order valence-electron chi connectivity index (χ1n) is 6.98. The van der Waals surface area contributed by atoms with Crippen LogP contribution >= 0.6 is 0 Å². The molecule has 0 amide bonds. The Balaban J connectivity index is 1.80. The van der Waals surface area contributed by atoms with E-state index < -0.39 is 0 Å². The van der Waals surface area contributed by atoms with Gasteiger partial charge in [-0.2, -0.15) is 5.10 Å². The van der Waals surface area contributed by atoms with Gasteiger partial charge in [0, 0.05) is 17.3 Å². The van der Waals surface area contributed by atoms with Gasteiger partial charge in [-0.25, -0.2) is 4.98 Å². The molecule has 1 aliphatic rings. The highest BCUT2D eigenvalue weighted by atomic mass is 15.2. The van der Waals surface area contributed by atoms with E-state index in [1.165, 1.54) is 24.9 Å². The lowest BCUT2D eigenvalue weighted by Gasteiger charge is -2.18. The molecular weight excluding hydrogens is 236 g/mol. The smallest absolute Gasteiger partial charge is 0.181 e. The lowest BCUT2D eigenvalue weighted by Crippen LogP contribution is -2.21. The summed E-state index contributed by atoms with van der Waals surface area (Å²) in [6.45, 7) is 4.24. The van der Waals surface area contributed by atoms with Gasteiger partial charge in [0.15, 0.2) is 5.82 Å². The molecule has 1 aromatic carbocycles. The van der Waals surface area contributed by atoms with Gasteiger partial charge in [-0.05, 0) is 37.8 Å². The standard InChI is InChI=1S/C15H20N4/c1-10-5-3-8-14(10)17-13-7-4-6-12(9-13)15-16-11(2)18-19-15/h4,6-7,9-10,14,17H,3,5,8H2,1-2H3,(H,16,18,19). The summed E-state index contributed by atoms with van der Waals surface area (Å²) in [4.78, 5) is 4.37. The van der Waals surface area contributed by atoms with Crippen molar-refractivity contribution in [3.05, 3.63) is 30.1 Å². The van der Waals surface area contributed by atoms with Crippen LogP contribution in [-0.4, -0.2) is 21.2 Å². The second-order valence-corrected chi connectivity index (χ2v) is 5.48. The normalized spacial score (nSPS) is 22.6. The number of nitrogens with zero attached hydrogens (tertiary/aromatic N) is 2. The van der Waals surface area contributed by atoms with Gasteiger partial charge in [0.2, 0.25) is 0 Å². The Morgan fingerprint density at radius 3 is 2.89 bits per heavy atom. The molecule has 2 atom stereocenters. The second-order valence-electron chi connectivity index (χ2n) is 5.48. The average Bonchev–Trinajstić information content (AvgIpc) is 3.00. The molecule has 2 N–H and O–H groups in total. The monoisotopic (exact) mass is 256 g/mol. The summed E-state index contributed by atoms with van der Waals surface area (Å²) in [6.07, 6.45) is 3.93. The molecule has 2 unspecified atom stereocenters. The maximum atomic E-state index is 4.37. The molecular formula is C15H20N4. The van der Waals surface area contributed by atoms with Gasteiger partial charge >= 0.3 is 0 Å². The van der Waals surface area contributed by atoms with E-state index in [9.17, 15) is 0 Å². The molecule has 3 rings (SSSR count). The van der Waals surface area contributed by atoms with E-state index >= 15 is 0 Å². The van der Waals surface area contributed by atoms with Crippen LogP contribution in [0, 0.1) is 12.8 Å². The molecule has 0 aliphatic heterocycles. The lowest BCUT2D eigenvalue weighted by molar-refractivity contribution is 0.556. The minimum Gasteiger partial charge on any atom is -0.382 e. The number of aryl methyl sites for hydroxylation is 1. The summed E-state index contributed by atoms with van der Waals surface area (Å²) >= 11 is 0. The first kappa shape index (κ1) is 12.2. The average molecular weight is 256 g/mol. The van der Waals surface area contributed by atoms with Crippen molar-refractivity contribution in [2.24, 2.45) is 5.92 Å². The first-order chi connectivity index (χ1) is 9.22. The van der Waals surface area contributed by atoms with Gasteiger partial charge in [0.05, 0.1) is 0 Å². The molecule has 19 heavy (non-hydrogen) atoms. The third kappa shape index (κ3) is 2.62. The van der Waals surface area contributed by atoms with Gasteiger partial charge in [0.25, 0.3) is 0 Å². The van der Waals surface area contributed by atoms with Crippen LogP contribution in [0.3, 0.4) is 0 Å². The van der Waals surface area contributed by atoms with E-state index in [1.54, 1.807) is 0 Å². The fourth-order valence-corrected chi connectivity index (χ4v) is 2.79. The summed E-state index contributed by atoms with van der Waals surface area (Å²) in [5.74, 6) is 2.37. The highest BCUT2D eigenvalue weighted by Gasteiger charge is 2.22. The number of H-pyrrole nitrogens is 1. The van der Waals surface area contributed by atoms with Crippen molar-refractivity contribution in [2.75, 3.05) is 5.32 Å². The lowest BCUT2D eigenvalue weighted by atomic mass is 10.1. The van der Waals surface area contributed by atoms with Crippen LogP contribution in [0.15, 0.2) is 24.3 Å². The Bertz CT molecular complexity index is 561. The number of aromatic amines is 1. The Hall–Kier alpha value is -1.84. The van der Waals surface area contributed by atoms with Crippen molar-refractivity contribution in [3.63, 3.8) is 0 Å². The zero-order valence-corrected chi connectivity index (χ0v) is 11.5. The third-order valence-corrected chi connectivity index (χ3v) is 3.93. The number of aromatic nitrogens is 3. The topological polar surface area (TPSA) is 53.6 Å². The van der Waals surface area contributed by atoms with Gasteiger partial charge in [-0.15, -0.1) is 0 Å². The van der Waals surface area contributed by atoms with E-state index in [0.29, 0.717) is 6.04 Å².